The summed E-state index contributed by atoms with van der Waals surface area (Å²) >= 11 is 0. The van der Waals surface area contributed by atoms with Crippen LogP contribution in [0.15, 0.2) is 97.0 Å². The minimum absolute atomic E-state index is 0. The third-order valence-corrected chi connectivity index (χ3v) is 13.7. The van der Waals surface area contributed by atoms with E-state index < -0.39 is 8.07 Å². The Labute approximate surface area is 379 Å². The van der Waals surface area contributed by atoms with E-state index in [1.54, 1.807) is 0 Å². The van der Waals surface area contributed by atoms with Gasteiger partial charge in [-0.25, -0.2) is 0 Å². The van der Waals surface area contributed by atoms with Gasteiger partial charge in [0.15, 0.2) is 5.78 Å². The predicted molar refractivity (Wildman–Crippen MR) is 257 cm³/mol. The molecule has 4 aromatic carbocycles. The summed E-state index contributed by atoms with van der Waals surface area (Å²) in [6, 6.07) is 32.0. The Kier molecular flexibility index (Phi) is 17.2. The number of pyridine rings is 2. The topological polar surface area (TPSA) is 63.1 Å². The number of allylic oxidation sites excluding steroid dienone is 2. The van der Waals surface area contributed by atoms with Gasteiger partial charge in [0, 0.05) is 49.9 Å². The van der Waals surface area contributed by atoms with Crippen LogP contribution in [0.1, 0.15) is 111 Å². The molecule has 0 aliphatic carbocycles. The van der Waals surface area contributed by atoms with Crippen molar-refractivity contribution in [1.29, 1.82) is 0 Å². The van der Waals surface area contributed by atoms with E-state index in [-0.39, 0.29) is 43.0 Å². The number of fused-ring (bicyclic) bond motifs is 2. The maximum atomic E-state index is 11.9. The molecule has 2 heterocycles. The van der Waals surface area contributed by atoms with Crippen molar-refractivity contribution in [2.45, 2.75) is 127 Å². The van der Waals surface area contributed by atoms with Crippen molar-refractivity contribution in [3.05, 3.63) is 137 Å². The van der Waals surface area contributed by atoms with E-state index in [4.69, 9.17) is 2.74 Å². The summed E-state index contributed by atoms with van der Waals surface area (Å²) in [6.07, 6.45) is 5.44. The minimum Gasteiger partial charge on any atom is -0.512 e. The molecule has 6 heteroatoms. The van der Waals surface area contributed by atoms with E-state index in [1.807, 2.05) is 60.6 Å². The van der Waals surface area contributed by atoms with Gasteiger partial charge in [-0.1, -0.05) is 137 Å². The van der Waals surface area contributed by atoms with Crippen LogP contribution in [0.3, 0.4) is 0 Å². The Morgan fingerprint density at radius 1 is 0.750 bits per heavy atom. The number of aliphatic hydroxyl groups excluding tert-OH is 1. The Bertz CT molecular complexity index is 2480. The second-order valence-corrected chi connectivity index (χ2v) is 22.8. The van der Waals surface area contributed by atoms with Crippen LogP contribution in [-0.2, 0) is 24.9 Å². The molecule has 60 heavy (non-hydrogen) atoms. The van der Waals surface area contributed by atoms with Crippen LogP contribution in [0, 0.1) is 51.2 Å². The number of hydrogen-bond donors (Lipinski definition) is 1. The van der Waals surface area contributed by atoms with Gasteiger partial charge < -0.3 is 15.1 Å². The van der Waals surface area contributed by atoms with Gasteiger partial charge in [-0.2, -0.15) is 0 Å². The van der Waals surface area contributed by atoms with E-state index in [1.165, 1.54) is 28.0 Å². The fourth-order valence-corrected chi connectivity index (χ4v) is 8.45. The van der Waals surface area contributed by atoms with Crippen molar-refractivity contribution in [3.8, 4) is 22.5 Å². The fourth-order valence-electron chi connectivity index (χ4n) is 7.28. The zero-order valence-corrected chi connectivity index (χ0v) is 42.0. The number of ketones is 1. The summed E-state index contributed by atoms with van der Waals surface area (Å²) in [4.78, 5) is 20.8. The van der Waals surface area contributed by atoms with Crippen LogP contribution in [0.2, 0.25) is 19.6 Å². The van der Waals surface area contributed by atoms with Crippen molar-refractivity contribution in [3.63, 3.8) is 0 Å². The standard InChI is InChI=1S/C20H22NSi.C20H20N.C14H26O2.Ir/c1-14-10-15(2)12-17(11-14)20-19-7-6-18(22(3,4)5)13-16(19)8-9-21-20;1-13(2)16-5-6-19-17(12-16)7-8-21-20(19)18-10-14(3)9-15(4)11-18;1-6-11(7-2)12(15)10-13(16)14(5,8-3)9-4;/h6-11,13H,1-5H3;5-10,12-13H,1-4H3;10-11,16H,6-9H2,1-5H3;/q2*-1;;/b;;13-10-;/i9D;8D;;. The zero-order chi connectivity index (χ0) is 45.4. The predicted octanol–water partition coefficient (Wildman–Crippen LogP) is 14.6. The average Bonchev–Trinajstić information content (AvgIpc) is 3.19. The van der Waals surface area contributed by atoms with Crippen LogP contribution >= 0.6 is 0 Å². The first-order chi connectivity index (χ1) is 28.6. The Hall–Kier alpha value is -4.22. The quantitative estimate of drug-likeness (QED) is 0.0608. The fraction of sp³-hybridized carbons (Fsp3) is 0.389. The summed E-state index contributed by atoms with van der Waals surface area (Å²) in [6.45, 7) is 29.7. The molecule has 1 radical (unpaired) electrons. The molecule has 0 aliphatic heterocycles. The number of nitrogens with zero attached hydrogens (tertiary/aromatic N) is 2. The zero-order valence-electron chi connectivity index (χ0n) is 40.6. The van der Waals surface area contributed by atoms with E-state index in [0.717, 1.165) is 80.9 Å². The van der Waals surface area contributed by atoms with Gasteiger partial charge in [0.05, 0.1) is 10.8 Å². The monoisotopic (exact) mass is 999 g/mol. The SMILES string of the molecule is CCC(CC)C(=O)/C=C(\O)C(C)(CC)CC.[2H]c1cc2cc(C(C)C)ccc2c(-c2[c-]c(C)cc(C)c2)n1.[2H]c1cc2cc([Si](C)(C)C)ccc2c(-c2[c-]c(C)cc(C)c2)n1.[Ir]. The van der Waals surface area contributed by atoms with Crippen molar-refractivity contribution >= 4 is 40.6 Å². The largest absolute Gasteiger partial charge is 0.512 e. The molecule has 6 rings (SSSR count). The van der Waals surface area contributed by atoms with Crippen molar-refractivity contribution < 1.29 is 32.7 Å². The van der Waals surface area contributed by atoms with Crippen LogP contribution < -0.4 is 5.19 Å². The number of carbonyl (C=O) groups is 1. The van der Waals surface area contributed by atoms with Gasteiger partial charge >= 0.3 is 0 Å². The number of aliphatic hydroxyl groups is 1. The molecule has 0 fully saturated rings. The summed E-state index contributed by atoms with van der Waals surface area (Å²) in [5.74, 6) is 0.841. The Morgan fingerprint density at radius 2 is 1.22 bits per heavy atom. The molecular formula is C54H68IrN2O2Si-2. The van der Waals surface area contributed by atoms with Gasteiger partial charge in [0.25, 0.3) is 0 Å². The van der Waals surface area contributed by atoms with E-state index in [2.05, 4.69) is 130 Å². The van der Waals surface area contributed by atoms with E-state index in [0.29, 0.717) is 18.3 Å². The second kappa shape index (κ2) is 22.0. The van der Waals surface area contributed by atoms with Gasteiger partial charge in [-0.15, -0.1) is 69.8 Å². The average molecular weight is 999 g/mol. The Balaban J connectivity index is 0.000000251. The van der Waals surface area contributed by atoms with Gasteiger partial charge in [-0.3, -0.25) is 4.79 Å². The third kappa shape index (κ3) is 12.9. The number of rotatable bonds is 11. The van der Waals surface area contributed by atoms with Crippen LogP contribution in [0.25, 0.3) is 44.1 Å². The third-order valence-electron chi connectivity index (χ3n) is 11.6. The van der Waals surface area contributed by atoms with Crippen molar-refractivity contribution in [2.24, 2.45) is 11.3 Å². The van der Waals surface area contributed by atoms with E-state index >= 15 is 0 Å². The minimum atomic E-state index is -1.37. The maximum Gasteiger partial charge on any atom is 0.162 e. The summed E-state index contributed by atoms with van der Waals surface area (Å²) in [5, 5.41) is 15.8. The summed E-state index contributed by atoms with van der Waals surface area (Å²) < 4.78 is 16.1. The molecule has 0 saturated carbocycles. The molecule has 0 bridgehead atoms. The van der Waals surface area contributed by atoms with Crippen LogP contribution in [0.5, 0.6) is 0 Å². The first kappa shape index (κ1) is 46.8. The molecular weight excluding hydrogens is 929 g/mol. The van der Waals surface area contributed by atoms with Gasteiger partial charge in [0.2, 0.25) is 0 Å². The maximum absolute atomic E-state index is 11.9. The van der Waals surface area contributed by atoms with Gasteiger partial charge in [-0.05, 0) is 82.2 Å². The van der Waals surface area contributed by atoms with Crippen molar-refractivity contribution in [2.75, 3.05) is 0 Å². The van der Waals surface area contributed by atoms with E-state index in [9.17, 15) is 9.90 Å². The molecule has 0 saturated heterocycles. The number of aryl methyl sites for hydroxylation is 4. The molecule has 0 aliphatic rings. The number of hydrogen-bond acceptors (Lipinski definition) is 4. The van der Waals surface area contributed by atoms with Crippen LogP contribution in [0.4, 0.5) is 0 Å². The molecule has 0 amide bonds. The first-order valence-electron chi connectivity index (χ1n) is 22.4. The second-order valence-electron chi connectivity index (χ2n) is 17.7. The molecule has 1 N–H and O–H groups in total. The molecule has 4 nitrogen and oxygen atoms in total. The molecule has 321 valence electrons. The van der Waals surface area contributed by atoms with Gasteiger partial charge in [0.1, 0.15) is 5.76 Å². The molecule has 6 aromatic rings. The first-order valence-corrected chi connectivity index (χ1v) is 24.9. The summed E-state index contributed by atoms with van der Waals surface area (Å²) in [7, 11) is -1.37. The normalized spacial score (nSPS) is 12.3. The van der Waals surface area contributed by atoms with Crippen LogP contribution in [-0.4, -0.2) is 28.9 Å². The molecule has 0 spiro atoms. The molecule has 0 atom stereocenters. The smallest absolute Gasteiger partial charge is 0.162 e. The molecule has 0 unspecified atom stereocenters. The summed E-state index contributed by atoms with van der Waals surface area (Å²) in [5.41, 5.74) is 9.27. The number of aromatic nitrogens is 2. The Morgan fingerprint density at radius 3 is 1.63 bits per heavy atom. The molecule has 2 aromatic heterocycles. The van der Waals surface area contributed by atoms with Crippen molar-refractivity contribution in [1.82, 2.24) is 9.97 Å². The number of benzene rings is 4. The number of carbonyl (C=O) groups excluding carboxylic acids is 1.